The van der Waals surface area contributed by atoms with Gasteiger partial charge in [-0.15, -0.1) is 0 Å². The third-order valence-corrected chi connectivity index (χ3v) is 5.31. The summed E-state index contributed by atoms with van der Waals surface area (Å²) in [6.07, 6.45) is 7.30. The van der Waals surface area contributed by atoms with E-state index in [1.165, 1.54) is 12.8 Å². The van der Waals surface area contributed by atoms with Crippen molar-refractivity contribution in [3.05, 3.63) is 36.4 Å². The zero-order valence-electron chi connectivity index (χ0n) is 13.3. The second kappa shape index (κ2) is 5.49. The monoisotopic (exact) mass is 311 g/mol. The van der Waals surface area contributed by atoms with Crippen LogP contribution in [0.4, 0.5) is 0 Å². The van der Waals surface area contributed by atoms with E-state index in [9.17, 15) is 4.79 Å². The number of pyridine rings is 1. The first-order valence-electron chi connectivity index (χ1n) is 8.20. The van der Waals surface area contributed by atoms with Gasteiger partial charge in [-0.2, -0.15) is 0 Å². The SMILES string of the molecule is C=Cc1coc2cnc(C(=O)NC3CN4CCC3CC4C)cc12. The van der Waals surface area contributed by atoms with Crippen LogP contribution in [0.3, 0.4) is 0 Å². The number of aromatic nitrogens is 1. The number of carbonyl (C=O) groups excluding carboxylic acids is 1. The number of rotatable bonds is 3. The Hall–Kier alpha value is -2.14. The van der Waals surface area contributed by atoms with E-state index in [1.54, 1.807) is 24.6 Å². The van der Waals surface area contributed by atoms with Gasteiger partial charge in [-0.1, -0.05) is 12.7 Å². The molecular weight excluding hydrogens is 290 g/mol. The maximum atomic E-state index is 12.6. The quantitative estimate of drug-likeness (QED) is 0.947. The van der Waals surface area contributed by atoms with Crippen LogP contribution in [0.25, 0.3) is 17.0 Å². The highest BCUT2D eigenvalue weighted by molar-refractivity contribution is 5.97. The lowest BCUT2D eigenvalue weighted by Gasteiger charge is -2.48. The molecule has 3 aliphatic heterocycles. The van der Waals surface area contributed by atoms with Crippen molar-refractivity contribution < 1.29 is 9.21 Å². The Morgan fingerprint density at radius 2 is 2.43 bits per heavy atom. The van der Waals surface area contributed by atoms with E-state index in [2.05, 4.69) is 28.7 Å². The van der Waals surface area contributed by atoms with Crippen LogP contribution in [-0.2, 0) is 0 Å². The topological polar surface area (TPSA) is 58.4 Å². The van der Waals surface area contributed by atoms with Crippen LogP contribution in [0.15, 0.2) is 29.5 Å². The van der Waals surface area contributed by atoms with E-state index in [4.69, 9.17) is 4.42 Å². The van der Waals surface area contributed by atoms with Crippen molar-refractivity contribution in [2.45, 2.75) is 31.8 Å². The summed E-state index contributed by atoms with van der Waals surface area (Å²) >= 11 is 0. The van der Waals surface area contributed by atoms with E-state index in [1.807, 2.05) is 0 Å². The molecule has 3 aliphatic rings. The van der Waals surface area contributed by atoms with Crippen molar-refractivity contribution in [3.63, 3.8) is 0 Å². The van der Waals surface area contributed by atoms with Crippen LogP contribution in [0.5, 0.6) is 0 Å². The molecule has 4 unspecified atom stereocenters. The van der Waals surface area contributed by atoms with Crippen molar-refractivity contribution in [2.24, 2.45) is 5.92 Å². The molecule has 23 heavy (non-hydrogen) atoms. The van der Waals surface area contributed by atoms with Gasteiger partial charge < -0.3 is 9.73 Å². The molecule has 0 saturated carbocycles. The van der Waals surface area contributed by atoms with E-state index in [-0.39, 0.29) is 11.9 Å². The minimum atomic E-state index is -0.102. The summed E-state index contributed by atoms with van der Waals surface area (Å²) in [7, 11) is 0. The standard InChI is InChI=1S/C18H21N3O2/c1-3-12-10-23-17-8-19-15(7-14(12)17)18(22)20-16-9-21-5-4-13(16)6-11(21)2/h3,7-8,10-11,13,16H,1,4-6,9H2,2H3,(H,20,22). The second-order valence-corrected chi connectivity index (χ2v) is 6.67. The molecule has 2 aromatic rings. The number of amides is 1. The number of fused-ring (bicyclic) bond motifs is 4. The molecule has 120 valence electrons. The third kappa shape index (κ3) is 2.45. The van der Waals surface area contributed by atoms with Gasteiger partial charge in [-0.3, -0.25) is 9.69 Å². The predicted octanol–water partition coefficient (Wildman–Crippen LogP) is 2.68. The summed E-state index contributed by atoms with van der Waals surface area (Å²) in [6.45, 7) is 8.14. The van der Waals surface area contributed by atoms with Gasteiger partial charge in [0.15, 0.2) is 5.58 Å². The summed E-state index contributed by atoms with van der Waals surface area (Å²) in [4.78, 5) is 19.3. The Balaban J connectivity index is 1.54. The molecular formula is C18H21N3O2. The second-order valence-electron chi connectivity index (χ2n) is 6.67. The molecule has 3 saturated heterocycles. The first kappa shape index (κ1) is 14.5. The minimum absolute atomic E-state index is 0.102. The largest absolute Gasteiger partial charge is 0.462 e. The summed E-state index contributed by atoms with van der Waals surface area (Å²) in [5, 5.41) is 4.06. The third-order valence-electron chi connectivity index (χ3n) is 5.31. The first-order chi connectivity index (χ1) is 11.2. The van der Waals surface area contributed by atoms with Crippen LogP contribution in [0, 0.1) is 5.92 Å². The first-order valence-corrected chi connectivity index (χ1v) is 8.20. The van der Waals surface area contributed by atoms with E-state index in [0.717, 1.165) is 24.0 Å². The molecule has 5 heteroatoms. The molecule has 0 spiro atoms. The number of carbonyl (C=O) groups is 1. The van der Waals surface area contributed by atoms with Crippen LogP contribution < -0.4 is 5.32 Å². The summed E-state index contributed by atoms with van der Waals surface area (Å²) in [5.41, 5.74) is 1.99. The molecule has 5 rings (SSSR count). The fourth-order valence-electron chi connectivity index (χ4n) is 3.94. The minimum Gasteiger partial charge on any atom is -0.462 e. The zero-order chi connectivity index (χ0) is 16.0. The molecule has 2 bridgehead atoms. The van der Waals surface area contributed by atoms with Gasteiger partial charge in [-0.25, -0.2) is 4.98 Å². The number of hydrogen-bond donors (Lipinski definition) is 1. The molecule has 0 aliphatic carbocycles. The van der Waals surface area contributed by atoms with Gasteiger partial charge in [0.2, 0.25) is 0 Å². The number of piperidine rings is 3. The van der Waals surface area contributed by atoms with Crippen LogP contribution >= 0.6 is 0 Å². The zero-order valence-corrected chi connectivity index (χ0v) is 13.3. The number of furan rings is 1. The van der Waals surface area contributed by atoms with E-state index >= 15 is 0 Å². The number of nitrogens with zero attached hydrogens (tertiary/aromatic N) is 2. The highest BCUT2D eigenvalue weighted by Crippen LogP contribution is 2.32. The lowest BCUT2D eigenvalue weighted by Crippen LogP contribution is -2.60. The highest BCUT2D eigenvalue weighted by Gasteiger charge is 2.38. The van der Waals surface area contributed by atoms with Gasteiger partial charge in [0.1, 0.15) is 5.69 Å². The lowest BCUT2D eigenvalue weighted by molar-refractivity contribution is 0.0273. The molecule has 5 nitrogen and oxygen atoms in total. The average molecular weight is 311 g/mol. The van der Waals surface area contributed by atoms with Gasteiger partial charge in [0.05, 0.1) is 12.5 Å². The Bertz CT molecular complexity index is 767. The van der Waals surface area contributed by atoms with E-state index < -0.39 is 0 Å². The molecule has 3 fully saturated rings. The molecule has 4 atom stereocenters. The van der Waals surface area contributed by atoms with Crippen LogP contribution in [-0.4, -0.2) is 41.0 Å². The summed E-state index contributed by atoms with van der Waals surface area (Å²) < 4.78 is 5.40. The molecule has 0 radical (unpaired) electrons. The van der Waals surface area contributed by atoms with Crippen molar-refractivity contribution >= 4 is 23.0 Å². The molecule has 5 heterocycles. The lowest BCUT2D eigenvalue weighted by atomic mass is 9.80. The van der Waals surface area contributed by atoms with Crippen molar-refractivity contribution in [2.75, 3.05) is 13.1 Å². The Morgan fingerprint density at radius 1 is 1.57 bits per heavy atom. The fraction of sp³-hybridized carbons (Fsp3) is 0.444. The molecule has 1 amide bonds. The van der Waals surface area contributed by atoms with Crippen LogP contribution in [0.1, 0.15) is 35.8 Å². The smallest absolute Gasteiger partial charge is 0.270 e. The molecule has 2 aromatic heterocycles. The van der Waals surface area contributed by atoms with Gasteiger partial charge in [0.25, 0.3) is 5.91 Å². The predicted molar refractivity (Wildman–Crippen MR) is 89.1 cm³/mol. The number of hydrogen-bond acceptors (Lipinski definition) is 4. The van der Waals surface area contributed by atoms with Crippen LogP contribution in [0.2, 0.25) is 0 Å². The van der Waals surface area contributed by atoms with Gasteiger partial charge >= 0.3 is 0 Å². The fourth-order valence-corrected chi connectivity index (χ4v) is 3.94. The Morgan fingerprint density at radius 3 is 3.13 bits per heavy atom. The van der Waals surface area contributed by atoms with Crippen molar-refractivity contribution in [3.8, 4) is 0 Å². The average Bonchev–Trinajstić information content (AvgIpc) is 2.98. The Labute approximate surface area is 135 Å². The summed E-state index contributed by atoms with van der Waals surface area (Å²) in [5.74, 6) is 0.481. The maximum Gasteiger partial charge on any atom is 0.270 e. The van der Waals surface area contributed by atoms with Gasteiger partial charge in [0, 0.05) is 29.6 Å². The molecule has 1 N–H and O–H groups in total. The number of nitrogens with one attached hydrogen (secondary N) is 1. The van der Waals surface area contributed by atoms with Crippen molar-refractivity contribution in [1.82, 2.24) is 15.2 Å². The summed E-state index contributed by atoms with van der Waals surface area (Å²) in [6, 6.07) is 2.65. The van der Waals surface area contributed by atoms with Gasteiger partial charge in [-0.05, 0) is 38.3 Å². The highest BCUT2D eigenvalue weighted by atomic mass is 16.3. The Kier molecular flexibility index (Phi) is 3.45. The normalized spacial score (nSPS) is 29.6. The van der Waals surface area contributed by atoms with Crippen molar-refractivity contribution in [1.29, 1.82) is 0 Å². The molecule has 0 aromatic carbocycles. The van der Waals surface area contributed by atoms with E-state index in [0.29, 0.717) is 23.2 Å². The maximum absolute atomic E-state index is 12.6.